The molecule has 0 saturated carbocycles. The lowest BCUT2D eigenvalue weighted by Crippen LogP contribution is -2.19. The molecule has 0 aliphatic carbocycles. The van der Waals surface area contributed by atoms with Crippen molar-refractivity contribution in [1.29, 1.82) is 0 Å². The second-order valence-corrected chi connectivity index (χ2v) is 10.3. The fraction of sp³-hybridized carbons (Fsp3) is 0.656. The van der Waals surface area contributed by atoms with Gasteiger partial charge in [-0.3, -0.25) is 4.79 Å². The van der Waals surface area contributed by atoms with Crippen LogP contribution in [0.4, 0.5) is 0 Å². The third kappa shape index (κ3) is 11.8. The molecule has 1 N–H and O–H groups in total. The van der Waals surface area contributed by atoms with Gasteiger partial charge in [0.15, 0.2) is 5.75 Å². The first kappa shape index (κ1) is 30.2. The molecule has 1 aromatic heterocycles. The topological polar surface area (TPSA) is 51.5 Å². The molecule has 1 heterocycles. The maximum Gasteiger partial charge on any atom is 0.223 e. The van der Waals surface area contributed by atoms with Gasteiger partial charge in [-0.15, -0.1) is 0 Å². The van der Waals surface area contributed by atoms with Gasteiger partial charge in [0.25, 0.3) is 0 Å². The summed E-state index contributed by atoms with van der Waals surface area (Å²) in [5, 5.41) is 9.76. The van der Waals surface area contributed by atoms with Crippen molar-refractivity contribution in [3.8, 4) is 5.75 Å². The highest BCUT2D eigenvalue weighted by molar-refractivity contribution is 5.26. The minimum atomic E-state index is -0.175. The number of hydrogen-bond donors (Lipinski definition) is 1. The Morgan fingerprint density at radius 2 is 1.28 bits per heavy atom. The highest BCUT2D eigenvalue weighted by atomic mass is 16.5. The van der Waals surface area contributed by atoms with Crippen LogP contribution in [0, 0.1) is 0 Å². The molecule has 36 heavy (non-hydrogen) atoms. The minimum absolute atomic E-state index is 0.00634. The van der Waals surface area contributed by atoms with Crippen molar-refractivity contribution in [2.24, 2.45) is 0 Å². The highest BCUT2D eigenvalue weighted by Crippen LogP contribution is 2.21. The van der Waals surface area contributed by atoms with E-state index in [1.165, 1.54) is 96.0 Å². The molecule has 0 fully saturated rings. The van der Waals surface area contributed by atoms with E-state index in [0.717, 1.165) is 18.4 Å². The first-order valence-electron chi connectivity index (χ1n) is 14.7. The Kier molecular flexibility index (Phi) is 16.0. The average Bonchev–Trinajstić information content (AvgIpc) is 2.91. The fourth-order valence-electron chi connectivity index (χ4n) is 4.89. The maximum absolute atomic E-state index is 12.5. The maximum atomic E-state index is 12.5. The van der Waals surface area contributed by atoms with Gasteiger partial charge >= 0.3 is 0 Å². The molecule has 0 amide bonds. The summed E-state index contributed by atoms with van der Waals surface area (Å²) in [5.74, 6) is 0.371. The Balaban J connectivity index is 1.56. The fourth-order valence-corrected chi connectivity index (χ4v) is 4.89. The van der Waals surface area contributed by atoms with Gasteiger partial charge in [-0.2, -0.15) is 0 Å². The molecule has 4 heteroatoms. The molecule has 0 bridgehead atoms. The Labute approximate surface area is 220 Å². The lowest BCUT2D eigenvalue weighted by Gasteiger charge is -2.21. The molecule has 4 nitrogen and oxygen atoms in total. The Hall–Kier alpha value is -2.07. The molecular weight excluding hydrogens is 446 g/mol. The van der Waals surface area contributed by atoms with Gasteiger partial charge < -0.3 is 14.4 Å². The second-order valence-electron chi connectivity index (χ2n) is 10.3. The van der Waals surface area contributed by atoms with Crippen molar-refractivity contribution < 1.29 is 9.84 Å². The van der Waals surface area contributed by atoms with Crippen molar-refractivity contribution in [3.05, 3.63) is 64.1 Å². The first-order chi connectivity index (χ1) is 17.7. The van der Waals surface area contributed by atoms with Crippen LogP contribution < -0.4 is 10.2 Å². The number of hydrogen-bond acceptors (Lipinski definition) is 3. The molecule has 2 aromatic rings. The molecule has 1 atom stereocenters. The van der Waals surface area contributed by atoms with E-state index in [-0.39, 0.29) is 18.1 Å². The lowest BCUT2D eigenvalue weighted by atomic mass is 10.0. The van der Waals surface area contributed by atoms with Crippen LogP contribution in [0.5, 0.6) is 5.75 Å². The number of ether oxygens (including phenoxy) is 1. The van der Waals surface area contributed by atoms with Crippen molar-refractivity contribution in [3.63, 3.8) is 0 Å². The van der Waals surface area contributed by atoms with E-state index in [0.29, 0.717) is 18.1 Å². The van der Waals surface area contributed by atoms with Gasteiger partial charge in [0.2, 0.25) is 5.43 Å². The predicted molar refractivity (Wildman–Crippen MR) is 152 cm³/mol. The van der Waals surface area contributed by atoms with Crippen LogP contribution in [0.1, 0.15) is 134 Å². The van der Waals surface area contributed by atoms with Crippen molar-refractivity contribution in [2.75, 3.05) is 6.61 Å². The van der Waals surface area contributed by atoms with Gasteiger partial charge in [0.1, 0.15) is 0 Å². The number of unbranched alkanes of at least 4 members (excludes halogenated alkanes) is 15. The van der Waals surface area contributed by atoms with Crippen molar-refractivity contribution in [2.45, 2.75) is 129 Å². The molecule has 0 aliphatic heterocycles. The summed E-state index contributed by atoms with van der Waals surface area (Å²) >= 11 is 0. The molecule has 202 valence electrons. The first-order valence-corrected chi connectivity index (χ1v) is 14.7. The third-order valence-corrected chi connectivity index (χ3v) is 7.25. The molecule has 1 aromatic carbocycles. The van der Waals surface area contributed by atoms with Crippen LogP contribution in [0.25, 0.3) is 0 Å². The van der Waals surface area contributed by atoms with E-state index in [4.69, 9.17) is 4.74 Å². The standard InChI is InChI=1S/C32H51NO3/c1-3-4-5-6-7-8-9-10-11-12-13-14-15-16-17-21-24-36-32-26-33(30(27-34)25-31(32)35)28(2)29-22-19-18-20-23-29/h18-20,22-23,25-26,28,34H,3-17,21,24,27H2,1-2H3. The SMILES string of the molecule is CCCCCCCCCCCCCCCCCCOc1cn(C(C)c2ccccc2)c(CO)cc1=O. The number of pyridine rings is 1. The predicted octanol–water partition coefficient (Wildman–Crippen LogP) is 8.59. The molecule has 1 unspecified atom stereocenters. The van der Waals surface area contributed by atoms with Gasteiger partial charge in [-0.05, 0) is 18.9 Å². The van der Waals surface area contributed by atoms with Crippen LogP contribution in [0.2, 0.25) is 0 Å². The third-order valence-electron chi connectivity index (χ3n) is 7.25. The van der Waals surface area contributed by atoms with Gasteiger partial charge in [-0.25, -0.2) is 0 Å². The summed E-state index contributed by atoms with van der Waals surface area (Å²) in [6, 6.07) is 11.6. The quantitative estimate of drug-likeness (QED) is 0.176. The van der Waals surface area contributed by atoms with E-state index >= 15 is 0 Å². The van der Waals surface area contributed by atoms with E-state index in [2.05, 4.69) is 26.0 Å². The Morgan fingerprint density at radius 1 is 0.778 bits per heavy atom. The number of rotatable bonds is 21. The molecule has 0 saturated heterocycles. The summed E-state index contributed by atoms with van der Waals surface area (Å²) in [5.41, 5.74) is 1.57. The van der Waals surface area contributed by atoms with Gasteiger partial charge in [-0.1, -0.05) is 134 Å². The van der Waals surface area contributed by atoms with Crippen molar-refractivity contribution in [1.82, 2.24) is 4.57 Å². The monoisotopic (exact) mass is 497 g/mol. The summed E-state index contributed by atoms with van der Waals surface area (Å²) in [6.07, 6.45) is 23.2. The number of benzene rings is 1. The summed E-state index contributed by atoms with van der Waals surface area (Å²) in [6.45, 7) is 4.73. The minimum Gasteiger partial charge on any atom is -0.488 e. The second kappa shape index (κ2) is 19.1. The number of aliphatic hydroxyl groups excluding tert-OH is 1. The average molecular weight is 498 g/mol. The van der Waals surface area contributed by atoms with Crippen LogP contribution in [0.3, 0.4) is 0 Å². The number of nitrogens with zero attached hydrogens (tertiary/aromatic N) is 1. The van der Waals surface area contributed by atoms with Crippen LogP contribution >= 0.6 is 0 Å². The van der Waals surface area contributed by atoms with E-state index in [1.54, 1.807) is 6.20 Å². The van der Waals surface area contributed by atoms with Crippen molar-refractivity contribution >= 4 is 0 Å². The Morgan fingerprint density at radius 3 is 1.78 bits per heavy atom. The zero-order chi connectivity index (χ0) is 25.8. The summed E-state index contributed by atoms with van der Waals surface area (Å²) in [7, 11) is 0. The Bertz CT molecular complexity index is 861. The normalized spacial score (nSPS) is 12.1. The molecular formula is C32H51NO3. The number of aliphatic hydroxyl groups is 1. The smallest absolute Gasteiger partial charge is 0.223 e. The number of aromatic nitrogens is 1. The van der Waals surface area contributed by atoms with E-state index in [9.17, 15) is 9.90 Å². The van der Waals surface area contributed by atoms with E-state index in [1.807, 2.05) is 22.8 Å². The zero-order valence-corrected chi connectivity index (χ0v) is 23.1. The molecule has 0 spiro atoms. The lowest BCUT2D eigenvalue weighted by molar-refractivity contribution is 0.263. The van der Waals surface area contributed by atoms with Gasteiger partial charge in [0.05, 0.1) is 25.5 Å². The van der Waals surface area contributed by atoms with Gasteiger partial charge in [0, 0.05) is 11.8 Å². The van der Waals surface area contributed by atoms with Crippen LogP contribution in [0.15, 0.2) is 47.4 Å². The highest BCUT2D eigenvalue weighted by Gasteiger charge is 2.14. The molecule has 0 aliphatic rings. The van der Waals surface area contributed by atoms with Crippen LogP contribution in [-0.4, -0.2) is 16.3 Å². The molecule has 2 rings (SSSR count). The summed E-state index contributed by atoms with van der Waals surface area (Å²) < 4.78 is 7.81. The largest absolute Gasteiger partial charge is 0.488 e. The molecule has 0 radical (unpaired) electrons. The van der Waals surface area contributed by atoms with E-state index < -0.39 is 0 Å². The van der Waals surface area contributed by atoms with Crippen LogP contribution in [-0.2, 0) is 6.61 Å². The summed E-state index contributed by atoms with van der Waals surface area (Å²) in [4.78, 5) is 12.5. The zero-order valence-electron chi connectivity index (χ0n) is 23.1.